The molecule has 0 saturated heterocycles. The van der Waals surface area contributed by atoms with Gasteiger partial charge in [0.1, 0.15) is 12.4 Å². The molecule has 0 aliphatic carbocycles. The van der Waals surface area contributed by atoms with Crippen molar-refractivity contribution >= 4 is 22.5 Å². The smallest absolute Gasteiger partial charge is 0.259 e. The maximum Gasteiger partial charge on any atom is 0.259 e. The van der Waals surface area contributed by atoms with E-state index in [2.05, 4.69) is 20.4 Å². The number of carbonyl (C=O) groups excluding carboxylic acids is 1. The third-order valence-corrected chi connectivity index (χ3v) is 5.30. The zero-order valence-electron chi connectivity index (χ0n) is 18.0. The van der Waals surface area contributed by atoms with Gasteiger partial charge < -0.3 is 9.84 Å². The van der Waals surface area contributed by atoms with E-state index in [1.165, 1.54) is 22.8 Å². The number of halogens is 1. The lowest BCUT2D eigenvalue weighted by molar-refractivity contribution is -0.116. The summed E-state index contributed by atoms with van der Waals surface area (Å²) in [6.07, 6.45) is 3.25. The molecule has 0 unspecified atom stereocenters. The lowest BCUT2D eigenvalue weighted by Gasteiger charge is -2.13. The summed E-state index contributed by atoms with van der Waals surface area (Å²) in [5, 5.41) is 7.17. The Hall–Kier alpha value is -4.66. The highest BCUT2D eigenvalue weighted by molar-refractivity contribution is 5.95. The first-order chi connectivity index (χ1) is 16.5. The van der Waals surface area contributed by atoms with E-state index in [1.807, 2.05) is 0 Å². The highest BCUT2D eigenvalue weighted by Crippen LogP contribution is 2.28. The predicted octanol–water partition coefficient (Wildman–Crippen LogP) is 4.20. The van der Waals surface area contributed by atoms with E-state index < -0.39 is 17.3 Å². The molecule has 34 heavy (non-hydrogen) atoms. The minimum absolute atomic E-state index is 0.0540. The van der Waals surface area contributed by atoms with Crippen molar-refractivity contribution in [3.63, 3.8) is 0 Å². The number of benzene rings is 2. The molecule has 0 atom stereocenters. The van der Waals surface area contributed by atoms with Gasteiger partial charge in [-0.2, -0.15) is 4.98 Å². The highest BCUT2D eigenvalue weighted by Gasteiger charge is 2.18. The summed E-state index contributed by atoms with van der Waals surface area (Å²) in [5.41, 5.74) is 1.99. The molecule has 5 aromatic rings. The molecule has 0 radical (unpaired) electrons. The van der Waals surface area contributed by atoms with E-state index >= 15 is 0 Å². The zero-order valence-corrected chi connectivity index (χ0v) is 18.0. The fourth-order valence-corrected chi connectivity index (χ4v) is 3.67. The van der Waals surface area contributed by atoms with Crippen molar-refractivity contribution in [2.24, 2.45) is 0 Å². The SMILES string of the molecule is Cc1ccc(NC(=O)Cn2c(=O)cc(-c3nc(-c4cccnc4)no3)c3ccccc32)c(F)c1. The summed E-state index contributed by atoms with van der Waals surface area (Å²) in [6.45, 7) is 1.46. The van der Waals surface area contributed by atoms with Crippen molar-refractivity contribution in [3.8, 4) is 22.8 Å². The number of hydrogen-bond donors (Lipinski definition) is 1. The molecular weight excluding hydrogens is 437 g/mol. The summed E-state index contributed by atoms with van der Waals surface area (Å²) in [5.74, 6) is -0.553. The molecule has 0 aliphatic heterocycles. The maximum atomic E-state index is 14.1. The zero-order chi connectivity index (χ0) is 23.7. The van der Waals surface area contributed by atoms with Crippen LogP contribution in [0.15, 0.2) is 82.4 Å². The second-order valence-electron chi connectivity index (χ2n) is 7.70. The molecular formula is C25H18FN5O3. The van der Waals surface area contributed by atoms with Crippen LogP contribution in [0.5, 0.6) is 0 Å². The Morgan fingerprint density at radius 3 is 2.76 bits per heavy atom. The van der Waals surface area contributed by atoms with Crippen LogP contribution in [0.3, 0.4) is 0 Å². The van der Waals surface area contributed by atoms with Crippen LogP contribution in [0.25, 0.3) is 33.7 Å². The largest absolute Gasteiger partial charge is 0.334 e. The number of fused-ring (bicyclic) bond motifs is 1. The molecule has 0 spiro atoms. The fraction of sp³-hybridized carbons (Fsp3) is 0.0800. The maximum absolute atomic E-state index is 14.1. The minimum atomic E-state index is -0.540. The molecule has 168 valence electrons. The van der Waals surface area contributed by atoms with Gasteiger partial charge in [-0.05, 0) is 42.8 Å². The summed E-state index contributed by atoms with van der Waals surface area (Å²) in [7, 11) is 0. The van der Waals surface area contributed by atoms with Gasteiger partial charge in [-0.3, -0.25) is 19.1 Å². The second-order valence-corrected chi connectivity index (χ2v) is 7.70. The van der Waals surface area contributed by atoms with Gasteiger partial charge in [0, 0.05) is 29.4 Å². The molecule has 0 saturated carbocycles. The number of aryl methyl sites for hydroxylation is 1. The number of nitrogens with one attached hydrogen (secondary N) is 1. The van der Waals surface area contributed by atoms with Crippen molar-refractivity contribution < 1.29 is 13.7 Å². The third kappa shape index (κ3) is 4.06. The van der Waals surface area contributed by atoms with Crippen molar-refractivity contribution in [2.45, 2.75) is 13.5 Å². The van der Waals surface area contributed by atoms with Gasteiger partial charge in [0.2, 0.25) is 11.7 Å². The van der Waals surface area contributed by atoms with Gasteiger partial charge in [0.15, 0.2) is 0 Å². The molecule has 0 fully saturated rings. The molecule has 2 aromatic carbocycles. The van der Waals surface area contributed by atoms with Crippen LogP contribution >= 0.6 is 0 Å². The topological polar surface area (TPSA) is 103 Å². The molecule has 3 aromatic heterocycles. The summed E-state index contributed by atoms with van der Waals surface area (Å²) in [4.78, 5) is 34.1. The van der Waals surface area contributed by atoms with Gasteiger partial charge in [-0.25, -0.2) is 4.39 Å². The lowest BCUT2D eigenvalue weighted by atomic mass is 10.1. The first-order valence-corrected chi connectivity index (χ1v) is 10.4. The highest BCUT2D eigenvalue weighted by atomic mass is 19.1. The van der Waals surface area contributed by atoms with Crippen LogP contribution in [0.1, 0.15) is 5.56 Å². The van der Waals surface area contributed by atoms with E-state index in [1.54, 1.807) is 61.8 Å². The Morgan fingerprint density at radius 2 is 1.97 bits per heavy atom. The van der Waals surface area contributed by atoms with E-state index in [0.29, 0.717) is 27.9 Å². The number of nitrogens with zero attached hydrogens (tertiary/aromatic N) is 4. The molecule has 1 amide bonds. The molecule has 1 N–H and O–H groups in total. The first-order valence-electron chi connectivity index (χ1n) is 10.4. The Bertz CT molecular complexity index is 1580. The van der Waals surface area contributed by atoms with Gasteiger partial charge in [-0.15, -0.1) is 0 Å². The molecule has 8 nitrogen and oxygen atoms in total. The molecule has 0 aliphatic rings. The Balaban J connectivity index is 1.50. The van der Waals surface area contributed by atoms with Gasteiger partial charge in [0.05, 0.1) is 16.8 Å². The standard InChI is InChI=1S/C25H18FN5O3/c1-15-8-9-20(19(26)11-15)28-22(32)14-31-21-7-3-2-6-17(21)18(12-23(31)33)25-29-24(30-34-25)16-5-4-10-27-13-16/h2-13H,14H2,1H3,(H,28,32). The first kappa shape index (κ1) is 21.2. The van der Waals surface area contributed by atoms with E-state index in [4.69, 9.17) is 4.52 Å². The summed E-state index contributed by atoms with van der Waals surface area (Å²) < 4.78 is 20.9. The van der Waals surface area contributed by atoms with E-state index in [0.717, 1.165) is 5.56 Å². The number of rotatable bonds is 5. The van der Waals surface area contributed by atoms with Crippen LogP contribution < -0.4 is 10.9 Å². The van der Waals surface area contributed by atoms with Crippen LogP contribution in [-0.4, -0.2) is 25.6 Å². The number of carbonyl (C=O) groups is 1. The fourth-order valence-electron chi connectivity index (χ4n) is 3.67. The van der Waals surface area contributed by atoms with Gasteiger partial charge >= 0.3 is 0 Å². The van der Waals surface area contributed by atoms with E-state index in [-0.39, 0.29) is 18.1 Å². The number of pyridine rings is 2. The average Bonchev–Trinajstić information content (AvgIpc) is 3.33. The van der Waals surface area contributed by atoms with Gasteiger partial charge in [-0.1, -0.05) is 29.4 Å². The van der Waals surface area contributed by atoms with Crippen molar-refractivity contribution in [1.29, 1.82) is 0 Å². The molecule has 9 heteroatoms. The number of aromatic nitrogens is 4. The number of anilines is 1. The van der Waals surface area contributed by atoms with E-state index in [9.17, 15) is 14.0 Å². The average molecular weight is 455 g/mol. The normalized spacial score (nSPS) is 11.0. The van der Waals surface area contributed by atoms with Crippen LogP contribution in [0.2, 0.25) is 0 Å². The Labute approximate surface area is 192 Å². The summed E-state index contributed by atoms with van der Waals surface area (Å²) in [6, 6.07) is 16.5. The van der Waals surface area contributed by atoms with Gasteiger partial charge in [0.25, 0.3) is 11.4 Å². The third-order valence-electron chi connectivity index (χ3n) is 5.30. The van der Waals surface area contributed by atoms with Crippen molar-refractivity contribution in [1.82, 2.24) is 19.7 Å². The monoisotopic (exact) mass is 455 g/mol. The van der Waals surface area contributed by atoms with Crippen LogP contribution in [0, 0.1) is 12.7 Å². The van der Waals surface area contributed by atoms with Crippen LogP contribution in [-0.2, 0) is 11.3 Å². The predicted molar refractivity (Wildman–Crippen MR) is 124 cm³/mol. The Morgan fingerprint density at radius 1 is 1.12 bits per heavy atom. The van der Waals surface area contributed by atoms with Crippen molar-refractivity contribution in [2.75, 3.05) is 5.32 Å². The van der Waals surface area contributed by atoms with Crippen LogP contribution in [0.4, 0.5) is 10.1 Å². The van der Waals surface area contributed by atoms with Crippen molar-refractivity contribution in [3.05, 3.63) is 94.8 Å². The number of amides is 1. The number of para-hydroxylation sites is 1. The molecule has 3 heterocycles. The molecule has 0 bridgehead atoms. The quantitative estimate of drug-likeness (QED) is 0.426. The Kier molecular flexibility index (Phi) is 5.43. The lowest BCUT2D eigenvalue weighted by Crippen LogP contribution is -2.28. The number of hydrogen-bond acceptors (Lipinski definition) is 6. The molecule has 5 rings (SSSR count). The second kappa shape index (κ2) is 8.70. The summed E-state index contributed by atoms with van der Waals surface area (Å²) >= 11 is 0. The minimum Gasteiger partial charge on any atom is -0.334 e.